The van der Waals surface area contributed by atoms with E-state index in [0.29, 0.717) is 0 Å². The molecule has 2 amide bonds. The number of anilines is 2. The maximum Gasteiger partial charge on any atom is 0.282 e. The van der Waals surface area contributed by atoms with Gasteiger partial charge in [0.1, 0.15) is 0 Å². The van der Waals surface area contributed by atoms with E-state index in [2.05, 4.69) is 86.6 Å². The number of carbonyl (C=O) groups is 2. The van der Waals surface area contributed by atoms with Crippen molar-refractivity contribution in [3.63, 3.8) is 0 Å². The second kappa shape index (κ2) is 18.7. The zero-order valence-electron chi connectivity index (χ0n) is 30.5. The first-order chi connectivity index (χ1) is 22.8. The van der Waals surface area contributed by atoms with Crippen LogP contribution in [0.1, 0.15) is 125 Å². The van der Waals surface area contributed by atoms with Gasteiger partial charge in [-0.3, -0.25) is 14.5 Å². The second-order valence-corrected chi connectivity index (χ2v) is 14.8. The first-order valence-electron chi connectivity index (χ1n) is 19.1. The lowest BCUT2D eigenvalue weighted by Crippen LogP contribution is -2.63. The number of rotatable bonds is 17. The normalized spacial score (nSPS) is 21.8. The number of para-hydroxylation sites is 2. The maximum absolute atomic E-state index is 14.1. The quantitative estimate of drug-likeness (QED) is 0.133. The van der Waals surface area contributed by atoms with Crippen LogP contribution >= 0.6 is 0 Å². The molecule has 0 aromatic heterocycles. The van der Waals surface area contributed by atoms with E-state index in [1.807, 2.05) is 0 Å². The monoisotopic (exact) mass is 646 g/mol. The van der Waals surface area contributed by atoms with E-state index in [1.165, 1.54) is 51.4 Å². The maximum atomic E-state index is 14.1. The topological polar surface area (TPSA) is 61.4 Å². The van der Waals surface area contributed by atoms with Gasteiger partial charge in [-0.15, -0.1) is 0 Å². The molecule has 2 aromatic carbocycles. The number of carbonyl (C=O) groups excluding carboxylic acids is 2. The third kappa shape index (κ3) is 10.4. The van der Waals surface area contributed by atoms with Gasteiger partial charge in [0, 0.05) is 17.8 Å². The number of hydrogen-bond donors (Lipinski definition) is 2. The minimum Gasteiger partial charge on any atom is -0.324 e. The van der Waals surface area contributed by atoms with E-state index < -0.39 is 0 Å². The predicted molar refractivity (Wildman–Crippen MR) is 198 cm³/mol. The number of nitrogens with zero attached hydrogens (tertiary/aromatic N) is 2. The summed E-state index contributed by atoms with van der Waals surface area (Å²) in [6.45, 7) is 15.9. The van der Waals surface area contributed by atoms with Gasteiger partial charge < -0.3 is 15.1 Å². The van der Waals surface area contributed by atoms with E-state index in [1.54, 1.807) is 0 Å². The van der Waals surface area contributed by atoms with E-state index >= 15 is 0 Å². The van der Waals surface area contributed by atoms with Gasteiger partial charge in [0.15, 0.2) is 6.04 Å². The Morgan fingerprint density at radius 2 is 1.21 bits per heavy atom. The number of amides is 2. The molecule has 2 heterocycles. The van der Waals surface area contributed by atoms with Gasteiger partial charge in [0.2, 0.25) is 5.91 Å². The molecule has 260 valence electrons. The lowest BCUT2D eigenvalue weighted by molar-refractivity contribution is -0.947. The van der Waals surface area contributed by atoms with Crippen molar-refractivity contribution in [3.8, 4) is 0 Å². The number of quaternary nitrogens is 1. The number of aryl methyl sites for hydroxylation is 4. The van der Waals surface area contributed by atoms with Crippen molar-refractivity contribution >= 4 is 23.2 Å². The fourth-order valence-electron chi connectivity index (χ4n) is 8.34. The minimum absolute atomic E-state index is 0.0264. The zero-order chi connectivity index (χ0) is 33.6. The first-order valence-corrected chi connectivity index (χ1v) is 19.1. The summed E-state index contributed by atoms with van der Waals surface area (Å²) in [5.74, 6) is 0.371. The van der Waals surface area contributed by atoms with E-state index in [0.717, 1.165) is 116 Å². The summed E-state index contributed by atoms with van der Waals surface area (Å²) in [5, 5.41) is 6.69. The summed E-state index contributed by atoms with van der Waals surface area (Å²) < 4.78 is 0.953. The Hall–Kier alpha value is -2.70. The number of hydrogen-bond acceptors (Lipinski definition) is 3. The van der Waals surface area contributed by atoms with Crippen LogP contribution in [0, 0.1) is 27.7 Å². The highest BCUT2D eigenvalue weighted by Gasteiger charge is 2.43. The Kier molecular flexibility index (Phi) is 14.8. The van der Waals surface area contributed by atoms with Crippen LogP contribution in [0.3, 0.4) is 0 Å². The molecule has 0 aliphatic carbocycles. The van der Waals surface area contributed by atoms with Gasteiger partial charge in [0.05, 0.1) is 25.7 Å². The fourth-order valence-corrected chi connectivity index (χ4v) is 8.34. The van der Waals surface area contributed by atoms with Crippen molar-refractivity contribution in [1.29, 1.82) is 0 Å². The van der Waals surface area contributed by atoms with Crippen LogP contribution in [0.15, 0.2) is 36.4 Å². The van der Waals surface area contributed by atoms with Gasteiger partial charge in [-0.1, -0.05) is 75.4 Å². The van der Waals surface area contributed by atoms with Crippen molar-refractivity contribution in [2.75, 3.05) is 43.4 Å². The number of benzene rings is 2. The van der Waals surface area contributed by atoms with Gasteiger partial charge in [-0.2, -0.15) is 0 Å². The van der Waals surface area contributed by atoms with Crippen LogP contribution < -0.4 is 10.6 Å². The van der Waals surface area contributed by atoms with E-state index in [9.17, 15) is 9.59 Å². The molecule has 6 nitrogen and oxygen atoms in total. The Morgan fingerprint density at radius 1 is 0.681 bits per heavy atom. The standard InChI is InChI=1S/C41H64N4O2/c1-6-7-8-9-10-16-29-45(31-18-13-26-37(45)41(47)43-39-34(4)23-20-24-35(39)5)30-17-11-14-27-44-28-15-12-25-36(44)40(46)42-38-32(2)21-19-22-33(38)3/h19-24,36-37H,6-18,25-31H2,1-5H3,(H-,42,43,46,47)/p+1. The number of nitrogens with one attached hydrogen (secondary N) is 2. The van der Waals surface area contributed by atoms with Gasteiger partial charge in [0.25, 0.3) is 5.91 Å². The highest BCUT2D eigenvalue weighted by atomic mass is 16.2. The van der Waals surface area contributed by atoms with Crippen LogP contribution in [0.2, 0.25) is 0 Å². The molecule has 2 fully saturated rings. The minimum atomic E-state index is -0.0473. The molecule has 2 N–H and O–H groups in total. The summed E-state index contributed by atoms with van der Waals surface area (Å²) in [6, 6.07) is 12.4. The SMILES string of the molecule is CCCCCCCC[N+]1(CCCCCN2CCCCC2C(=O)Nc2c(C)cccc2C)CCCCC1C(=O)Nc1c(C)cccc1C. The van der Waals surface area contributed by atoms with Gasteiger partial charge >= 0.3 is 0 Å². The Balaban J connectivity index is 1.37. The van der Waals surface area contributed by atoms with Crippen LogP contribution in [-0.4, -0.2) is 66.0 Å². The van der Waals surface area contributed by atoms with Crippen LogP contribution in [-0.2, 0) is 9.59 Å². The second-order valence-electron chi connectivity index (χ2n) is 14.8. The molecule has 2 aliphatic heterocycles. The summed E-state index contributed by atoms with van der Waals surface area (Å²) in [5.41, 5.74) is 6.50. The molecule has 0 bridgehead atoms. The molecule has 0 saturated carbocycles. The largest absolute Gasteiger partial charge is 0.324 e. The summed E-state index contributed by atoms with van der Waals surface area (Å²) in [7, 11) is 0. The average molecular weight is 646 g/mol. The van der Waals surface area contributed by atoms with E-state index in [-0.39, 0.29) is 23.9 Å². The molecule has 4 rings (SSSR count). The van der Waals surface area contributed by atoms with Crippen molar-refractivity contribution in [2.45, 2.75) is 143 Å². The molecule has 0 radical (unpaired) electrons. The van der Waals surface area contributed by atoms with Crippen molar-refractivity contribution in [3.05, 3.63) is 58.7 Å². The summed E-state index contributed by atoms with van der Waals surface area (Å²) in [4.78, 5) is 30.0. The highest BCUT2D eigenvalue weighted by Crippen LogP contribution is 2.31. The van der Waals surface area contributed by atoms with Crippen molar-refractivity contribution < 1.29 is 14.1 Å². The fraction of sp³-hybridized carbons (Fsp3) is 0.659. The van der Waals surface area contributed by atoms with Gasteiger partial charge in [-0.25, -0.2) is 0 Å². The predicted octanol–water partition coefficient (Wildman–Crippen LogP) is 9.25. The Bertz CT molecular complexity index is 1250. The first kappa shape index (κ1) is 37.1. The third-order valence-electron chi connectivity index (χ3n) is 11.2. The highest BCUT2D eigenvalue weighted by molar-refractivity contribution is 5.96. The molecular formula is C41H65N4O2+. The zero-order valence-corrected chi connectivity index (χ0v) is 30.5. The van der Waals surface area contributed by atoms with Crippen molar-refractivity contribution in [1.82, 2.24) is 4.90 Å². The Morgan fingerprint density at radius 3 is 1.83 bits per heavy atom. The number of piperidine rings is 2. The molecular weight excluding hydrogens is 580 g/mol. The lowest BCUT2D eigenvalue weighted by Gasteiger charge is -2.47. The number of likely N-dealkylation sites (tertiary alicyclic amines) is 2. The van der Waals surface area contributed by atoms with Crippen LogP contribution in [0.25, 0.3) is 0 Å². The molecule has 3 atom stereocenters. The molecule has 47 heavy (non-hydrogen) atoms. The lowest BCUT2D eigenvalue weighted by atomic mass is 9.94. The molecule has 3 unspecified atom stereocenters. The van der Waals surface area contributed by atoms with E-state index in [4.69, 9.17) is 0 Å². The van der Waals surface area contributed by atoms with Gasteiger partial charge in [-0.05, 0) is 121 Å². The molecule has 0 spiro atoms. The molecule has 2 aromatic rings. The molecule has 2 saturated heterocycles. The third-order valence-corrected chi connectivity index (χ3v) is 11.2. The van der Waals surface area contributed by atoms with Crippen LogP contribution in [0.5, 0.6) is 0 Å². The number of unbranched alkanes of at least 4 members (excludes halogenated alkanes) is 7. The smallest absolute Gasteiger partial charge is 0.282 e. The Labute approximate surface area is 286 Å². The summed E-state index contributed by atoms with van der Waals surface area (Å²) in [6.07, 6.45) is 17.7. The summed E-state index contributed by atoms with van der Waals surface area (Å²) >= 11 is 0. The molecule has 2 aliphatic rings. The average Bonchev–Trinajstić information content (AvgIpc) is 3.06. The van der Waals surface area contributed by atoms with Crippen LogP contribution in [0.4, 0.5) is 11.4 Å². The van der Waals surface area contributed by atoms with Crippen molar-refractivity contribution in [2.24, 2.45) is 0 Å². The molecule has 6 heteroatoms.